The zero-order chi connectivity index (χ0) is 38.1. The van der Waals surface area contributed by atoms with Crippen LogP contribution in [0.4, 0.5) is 4.79 Å². The van der Waals surface area contributed by atoms with Crippen LogP contribution >= 0.6 is 8.53 Å². The van der Waals surface area contributed by atoms with Gasteiger partial charge in [-0.1, -0.05) is 61.5 Å². The monoisotopic (exact) mass is 746 g/mol. The Bertz CT molecular complexity index is 1630. The second-order valence-corrected chi connectivity index (χ2v) is 15.1. The minimum atomic E-state index is -1.65. The quantitative estimate of drug-likeness (QED) is 0.0877. The number of amides is 3. The number of hydrogen-bond donors (Lipinski definition) is 1. The van der Waals surface area contributed by atoms with Crippen molar-refractivity contribution in [2.24, 2.45) is 5.92 Å². The summed E-state index contributed by atoms with van der Waals surface area (Å²) >= 11 is 0. The zero-order valence-corrected chi connectivity index (χ0v) is 32.5. The molecule has 13 heteroatoms. The van der Waals surface area contributed by atoms with Crippen LogP contribution in [0, 0.1) is 17.2 Å². The van der Waals surface area contributed by atoms with E-state index in [2.05, 4.69) is 43.8 Å². The summed E-state index contributed by atoms with van der Waals surface area (Å²) in [7, 11) is 1.61. The molecule has 3 aromatic rings. The van der Waals surface area contributed by atoms with E-state index in [1.54, 1.807) is 26.0 Å². The number of hydrogen-bond acceptors (Lipinski definition) is 10. The average Bonchev–Trinajstić information content (AvgIpc) is 3.56. The third-order valence-electron chi connectivity index (χ3n) is 9.46. The molecule has 5 unspecified atom stereocenters. The van der Waals surface area contributed by atoms with Crippen molar-refractivity contribution in [3.63, 3.8) is 0 Å². The van der Waals surface area contributed by atoms with Crippen molar-refractivity contribution in [1.82, 2.24) is 14.9 Å². The molecule has 2 saturated heterocycles. The molecule has 0 radical (unpaired) electrons. The fraction of sp³-hybridized carbons (Fsp3) is 0.475. The lowest BCUT2D eigenvalue weighted by Gasteiger charge is -2.39. The van der Waals surface area contributed by atoms with Crippen molar-refractivity contribution >= 4 is 20.5 Å². The number of ether oxygens (including phenoxy) is 4. The van der Waals surface area contributed by atoms with E-state index >= 15 is 0 Å². The summed E-state index contributed by atoms with van der Waals surface area (Å²) < 4.78 is 40.3. The molecular formula is C40H51N4O8P. The second kappa shape index (κ2) is 18.3. The van der Waals surface area contributed by atoms with Crippen LogP contribution in [0.2, 0.25) is 0 Å². The van der Waals surface area contributed by atoms with Crippen molar-refractivity contribution in [2.75, 3.05) is 34.0 Å². The van der Waals surface area contributed by atoms with E-state index < -0.39 is 44.5 Å². The van der Waals surface area contributed by atoms with Gasteiger partial charge in [-0.25, -0.2) is 9.46 Å². The number of nitrogens with zero attached hydrogens (tertiary/aromatic N) is 3. The molecule has 0 spiro atoms. The SMILES string of the molecule is COc1ccc(C(OCC2OC(N3CC(C)C(=O)NC3=O)CC2OP(OCCC#N)N(C(C)C)C(C)C)(c2ccccc2)c2ccc(OC)cc2)cc1. The molecule has 1 N–H and O–H groups in total. The molecule has 2 aliphatic rings. The summed E-state index contributed by atoms with van der Waals surface area (Å²) in [5, 5.41) is 11.8. The standard InChI is InChI=1S/C40H51N4O8P/c1-27(2)44(28(3)4)53(50-23-11-22-41)52-35-24-37(43-25-29(5)38(45)42-39(43)46)51-36(35)26-49-40(30-12-9-8-10-13-30,31-14-18-33(47-6)19-15-31)32-16-20-34(48-7)21-17-32/h8-10,12-21,27-29,35-37H,11,23-26H2,1-7H3,(H,42,45,46). The molecule has 5 atom stereocenters. The Morgan fingerprint density at radius 3 is 2.02 bits per heavy atom. The summed E-state index contributed by atoms with van der Waals surface area (Å²) in [5.74, 6) is 0.684. The minimum Gasteiger partial charge on any atom is -0.497 e. The van der Waals surface area contributed by atoms with Crippen molar-refractivity contribution in [3.05, 3.63) is 95.6 Å². The molecule has 0 aromatic heterocycles. The molecule has 284 valence electrons. The highest BCUT2D eigenvalue weighted by Gasteiger charge is 2.47. The molecule has 5 rings (SSSR count). The number of urea groups is 1. The Morgan fingerprint density at radius 1 is 0.925 bits per heavy atom. The molecule has 0 aliphatic carbocycles. The van der Waals surface area contributed by atoms with E-state index in [9.17, 15) is 14.9 Å². The van der Waals surface area contributed by atoms with E-state index in [1.807, 2.05) is 78.9 Å². The van der Waals surface area contributed by atoms with E-state index in [0.717, 1.165) is 16.7 Å². The molecule has 53 heavy (non-hydrogen) atoms. The molecule has 3 aromatic carbocycles. The summed E-state index contributed by atoms with van der Waals surface area (Å²) in [5.41, 5.74) is 1.48. The van der Waals surface area contributed by atoms with Crippen LogP contribution in [0.3, 0.4) is 0 Å². The van der Waals surface area contributed by atoms with Gasteiger partial charge in [0.25, 0.3) is 8.53 Å². The first kappa shape index (κ1) is 40.1. The van der Waals surface area contributed by atoms with Crippen LogP contribution in [-0.2, 0) is 28.9 Å². The molecular weight excluding hydrogens is 695 g/mol. The van der Waals surface area contributed by atoms with Crippen LogP contribution < -0.4 is 14.8 Å². The van der Waals surface area contributed by atoms with E-state index in [1.165, 1.54) is 0 Å². The minimum absolute atomic E-state index is 0.0583. The topological polar surface area (TPSA) is 132 Å². The van der Waals surface area contributed by atoms with Crippen molar-refractivity contribution in [3.8, 4) is 17.6 Å². The predicted octanol–water partition coefficient (Wildman–Crippen LogP) is 6.98. The molecule has 0 saturated carbocycles. The molecule has 3 amide bonds. The molecule has 2 heterocycles. The van der Waals surface area contributed by atoms with Crippen molar-refractivity contribution in [2.45, 2.75) is 83.6 Å². The third-order valence-corrected chi connectivity index (χ3v) is 11.6. The number of carbonyl (C=O) groups excluding carboxylic acids is 2. The number of rotatable bonds is 17. The number of methoxy groups -OCH3 is 2. The first-order chi connectivity index (χ1) is 25.5. The lowest BCUT2D eigenvalue weighted by molar-refractivity contribution is -0.130. The Hall–Kier alpha value is -4.08. The Balaban J connectivity index is 1.57. The van der Waals surface area contributed by atoms with Gasteiger partial charge in [-0.3, -0.25) is 15.0 Å². The average molecular weight is 747 g/mol. The number of nitrogens with one attached hydrogen (secondary N) is 1. The van der Waals surface area contributed by atoms with E-state index in [4.69, 9.17) is 28.0 Å². The normalized spacial score (nSPS) is 21.2. The summed E-state index contributed by atoms with van der Waals surface area (Å²) in [4.78, 5) is 27.1. The van der Waals surface area contributed by atoms with Crippen LogP contribution in [0.5, 0.6) is 11.5 Å². The van der Waals surface area contributed by atoms with Gasteiger partial charge >= 0.3 is 6.03 Å². The Morgan fingerprint density at radius 2 is 1.49 bits per heavy atom. The van der Waals surface area contributed by atoms with E-state index in [-0.39, 0.29) is 44.2 Å². The van der Waals surface area contributed by atoms with Crippen LogP contribution in [-0.4, -0.2) is 86.0 Å². The first-order valence-corrected chi connectivity index (χ1v) is 19.2. The summed E-state index contributed by atoms with van der Waals surface area (Å²) in [6, 6.07) is 27.4. The van der Waals surface area contributed by atoms with Gasteiger partial charge in [0.15, 0.2) is 0 Å². The fourth-order valence-electron chi connectivity index (χ4n) is 6.85. The maximum Gasteiger partial charge on any atom is 0.326 e. The Labute approximate surface area is 314 Å². The van der Waals surface area contributed by atoms with Gasteiger partial charge in [0, 0.05) is 25.0 Å². The van der Waals surface area contributed by atoms with Crippen molar-refractivity contribution < 1.29 is 37.6 Å². The van der Waals surface area contributed by atoms with Gasteiger partial charge in [-0.2, -0.15) is 5.26 Å². The zero-order valence-electron chi connectivity index (χ0n) is 31.6. The Kier molecular flexibility index (Phi) is 13.9. The van der Waals surface area contributed by atoms with Crippen LogP contribution in [0.25, 0.3) is 0 Å². The highest BCUT2D eigenvalue weighted by molar-refractivity contribution is 7.44. The number of imide groups is 1. The van der Waals surface area contributed by atoms with Gasteiger partial charge in [-0.05, 0) is 68.7 Å². The second-order valence-electron chi connectivity index (χ2n) is 13.7. The highest BCUT2D eigenvalue weighted by atomic mass is 31.2. The number of benzene rings is 3. The third kappa shape index (κ3) is 9.18. The van der Waals surface area contributed by atoms with Gasteiger partial charge in [-0.15, -0.1) is 0 Å². The molecule has 0 bridgehead atoms. The summed E-state index contributed by atoms with van der Waals surface area (Å²) in [6.45, 7) is 10.6. The maximum absolute atomic E-state index is 13.2. The number of carbonyl (C=O) groups is 2. The predicted molar refractivity (Wildman–Crippen MR) is 201 cm³/mol. The fourth-order valence-corrected chi connectivity index (χ4v) is 8.61. The first-order valence-electron chi connectivity index (χ1n) is 18.0. The van der Waals surface area contributed by atoms with Gasteiger partial charge < -0.3 is 28.0 Å². The van der Waals surface area contributed by atoms with Crippen LogP contribution in [0.1, 0.15) is 64.2 Å². The molecule has 2 aliphatic heterocycles. The van der Waals surface area contributed by atoms with Gasteiger partial charge in [0.2, 0.25) is 5.91 Å². The van der Waals surface area contributed by atoms with Crippen molar-refractivity contribution in [1.29, 1.82) is 5.26 Å². The highest BCUT2D eigenvalue weighted by Crippen LogP contribution is 2.50. The smallest absolute Gasteiger partial charge is 0.326 e. The molecule has 2 fully saturated rings. The van der Waals surface area contributed by atoms with Crippen LogP contribution in [0.15, 0.2) is 78.9 Å². The summed E-state index contributed by atoms with van der Waals surface area (Å²) in [6.07, 6.45) is -1.40. The maximum atomic E-state index is 13.2. The van der Waals surface area contributed by atoms with Gasteiger partial charge in [0.1, 0.15) is 29.4 Å². The van der Waals surface area contributed by atoms with E-state index in [0.29, 0.717) is 17.9 Å². The lowest BCUT2D eigenvalue weighted by atomic mass is 9.80. The molecule has 12 nitrogen and oxygen atoms in total. The number of nitriles is 1. The lowest BCUT2D eigenvalue weighted by Crippen LogP contribution is -2.57. The largest absolute Gasteiger partial charge is 0.497 e. The van der Waals surface area contributed by atoms with Gasteiger partial charge in [0.05, 0.1) is 51.9 Å².